The lowest BCUT2D eigenvalue weighted by atomic mass is 10.0. The Morgan fingerprint density at radius 1 is 1.11 bits per heavy atom. The molecule has 10 heteroatoms. The number of carbonyl (C=O) groups excluding carboxylic acids is 1. The van der Waals surface area contributed by atoms with Crippen molar-refractivity contribution in [2.45, 2.75) is 25.0 Å². The first-order valence-electron chi connectivity index (χ1n) is 12.1. The van der Waals surface area contributed by atoms with E-state index in [1.54, 1.807) is 22.8 Å². The molecule has 7 nitrogen and oxygen atoms in total. The van der Waals surface area contributed by atoms with Crippen LogP contribution in [0.2, 0.25) is 5.02 Å². The van der Waals surface area contributed by atoms with Crippen molar-refractivity contribution in [1.29, 1.82) is 0 Å². The van der Waals surface area contributed by atoms with Gasteiger partial charge in [0.25, 0.3) is 5.91 Å². The van der Waals surface area contributed by atoms with Crippen molar-refractivity contribution in [3.63, 3.8) is 0 Å². The third-order valence-corrected chi connectivity index (χ3v) is 7.36. The number of aliphatic hydroxyl groups is 1. The summed E-state index contributed by atoms with van der Waals surface area (Å²) in [4.78, 5) is 17.2. The topological polar surface area (TPSA) is 73.1 Å². The van der Waals surface area contributed by atoms with Crippen LogP contribution < -0.4 is 15.1 Å². The van der Waals surface area contributed by atoms with E-state index in [1.165, 1.54) is 12.3 Å². The summed E-state index contributed by atoms with van der Waals surface area (Å²) in [6.45, 7) is 1.74. The summed E-state index contributed by atoms with van der Waals surface area (Å²) in [6.07, 6.45) is 4.45. The summed E-state index contributed by atoms with van der Waals surface area (Å²) in [6, 6.07) is 12.2. The molecule has 37 heavy (non-hydrogen) atoms. The summed E-state index contributed by atoms with van der Waals surface area (Å²) in [5.74, 6) is -1.24. The molecule has 190 valence electrons. The number of anilines is 3. The second-order valence-corrected chi connectivity index (χ2v) is 9.88. The largest absolute Gasteiger partial charge is 0.389 e. The maximum Gasteiger partial charge on any atom is 0.259 e. The summed E-state index contributed by atoms with van der Waals surface area (Å²) in [5, 5.41) is 17.2. The molecule has 2 saturated heterocycles. The standard InChI is InChI=1S/C27H24ClF2N5O2/c28-22-11-17(4-6-25(22)33-14-19(36)15-33)32-27(37)21-13-31-35-9-7-18(12-26(21)35)34-8-1-2-24(34)20-10-16(29)3-5-23(20)30/h3-7,9-13,19,24,36H,1-2,8,14-15H2,(H,32,37). The lowest BCUT2D eigenvalue weighted by Gasteiger charge is -2.38. The number of hydrogen-bond acceptors (Lipinski definition) is 5. The zero-order valence-corrected chi connectivity index (χ0v) is 20.5. The predicted octanol–water partition coefficient (Wildman–Crippen LogP) is 5.04. The average molecular weight is 524 g/mol. The Hall–Kier alpha value is -3.69. The Balaban J connectivity index is 1.26. The van der Waals surface area contributed by atoms with Crippen LogP contribution in [0, 0.1) is 11.6 Å². The van der Waals surface area contributed by atoms with Gasteiger partial charge in [0.05, 0.1) is 40.1 Å². The van der Waals surface area contributed by atoms with Crippen LogP contribution in [0.25, 0.3) is 5.52 Å². The number of rotatable bonds is 5. The number of benzene rings is 2. The Kier molecular flexibility index (Phi) is 5.97. The molecule has 1 atom stereocenters. The normalized spacial score (nSPS) is 17.9. The number of aromatic nitrogens is 2. The monoisotopic (exact) mass is 523 g/mol. The number of nitrogens with zero attached hydrogens (tertiary/aromatic N) is 4. The average Bonchev–Trinajstić information content (AvgIpc) is 3.51. The fourth-order valence-electron chi connectivity index (χ4n) is 5.18. The Morgan fingerprint density at radius 3 is 2.73 bits per heavy atom. The number of fused-ring (bicyclic) bond motifs is 1. The van der Waals surface area contributed by atoms with Crippen LogP contribution in [0.15, 0.2) is 60.9 Å². The lowest BCUT2D eigenvalue weighted by Crippen LogP contribution is -2.50. The lowest BCUT2D eigenvalue weighted by molar-refractivity contribution is 0.102. The van der Waals surface area contributed by atoms with Crippen LogP contribution in [0.4, 0.5) is 25.8 Å². The van der Waals surface area contributed by atoms with Crippen molar-refractivity contribution in [1.82, 2.24) is 9.61 Å². The highest BCUT2D eigenvalue weighted by molar-refractivity contribution is 6.33. The summed E-state index contributed by atoms with van der Waals surface area (Å²) in [5.41, 5.74) is 3.45. The van der Waals surface area contributed by atoms with E-state index in [4.69, 9.17) is 11.6 Å². The van der Waals surface area contributed by atoms with Gasteiger partial charge in [-0.3, -0.25) is 4.79 Å². The molecule has 4 aromatic rings. The molecule has 2 aliphatic heterocycles. The maximum absolute atomic E-state index is 14.5. The fourth-order valence-corrected chi connectivity index (χ4v) is 5.48. The molecular formula is C27H24ClF2N5O2. The molecule has 6 rings (SSSR count). The van der Waals surface area contributed by atoms with E-state index < -0.39 is 11.6 Å². The number of amides is 1. The molecule has 1 unspecified atom stereocenters. The van der Waals surface area contributed by atoms with E-state index in [9.17, 15) is 18.7 Å². The van der Waals surface area contributed by atoms with Crippen LogP contribution in [0.5, 0.6) is 0 Å². The number of hydrogen-bond donors (Lipinski definition) is 2. The second-order valence-electron chi connectivity index (χ2n) is 9.47. The quantitative estimate of drug-likeness (QED) is 0.383. The van der Waals surface area contributed by atoms with Gasteiger partial charge in [0.15, 0.2) is 0 Å². The van der Waals surface area contributed by atoms with E-state index in [1.807, 2.05) is 28.0 Å². The van der Waals surface area contributed by atoms with Gasteiger partial charge in [0.1, 0.15) is 11.6 Å². The van der Waals surface area contributed by atoms with Gasteiger partial charge in [-0.15, -0.1) is 0 Å². The van der Waals surface area contributed by atoms with E-state index in [0.29, 0.717) is 53.4 Å². The maximum atomic E-state index is 14.5. The number of nitrogens with one attached hydrogen (secondary N) is 1. The highest BCUT2D eigenvalue weighted by Crippen LogP contribution is 2.38. The predicted molar refractivity (Wildman–Crippen MR) is 138 cm³/mol. The number of halogens is 3. The van der Waals surface area contributed by atoms with E-state index in [0.717, 1.165) is 29.9 Å². The molecule has 2 N–H and O–H groups in total. The molecule has 2 fully saturated rings. The zero-order chi connectivity index (χ0) is 25.7. The third-order valence-electron chi connectivity index (χ3n) is 7.06. The third kappa shape index (κ3) is 4.38. The van der Waals surface area contributed by atoms with Gasteiger partial charge in [-0.1, -0.05) is 11.6 Å². The van der Waals surface area contributed by atoms with Gasteiger partial charge in [0.2, 0.25) is 0 Å². The smallest absolute Gasteiger partial charge is 0.259 e. The molecule has 2 aromatic heterocycles. The molecule has 0 spiro atoms. The summed E-state index contributed by atoms with van der Waals surface area (Å²) < 4.78 is 30.0. The Morgan fingerprint density at radius 2 is 1.95 bits per heavy atom. The van der Waals surface area contributed by atoms with Crippen LogP contribution >= 0.6 is 11.6 Å². The molecular weight excluding hydrogens is 500 g/mol. The minimum Gasteiger partial charge on any atom is -0.389 e. The highest BCUT2D eigenvalue weighted by Gasteiger charge is 2.30. The van der Waals surface area contributed by atoms with Gasteiger partial charge in [-0.05, 0) is 61.4 Å². The molecule has 0 saturated carbocycles. The Bertz CT molecular complexity index is 1500. The van der Waals surface area contributed by atoms with Crippen molar-refractivity contribution >= 4 is 40.1 Å². The van der Waals surface area contributed by atoms with E-state index in [2.05, 4.69) is 10.4 Å². The number of pyridine rings is 1. The van der Waals surface area contributed by atoms with Crippen LogP contribution in [-0.2, 0) is 0 Å². The van der Waals surface area contributed by atoms with E-state index in [-0.39, 0.29) is 18.1 Å². The molecule has 0 aliphatic carbocycles. The van der Waals surface area contributed by atoms with Gasteiger partial charge in [-0.2, -0.15) is 5.10 Å². The van der Waals surface area contributed by atoms with Crippen molar-refractivity contribution in [2.24, 2.45) is 0 Å². The molecule has 0 bridgehead atoms. The highest BCUT2D eigenvalue weighted by atomic mass is 35.5. The summed E-state index contributed by atoms with van der Waals surface area (Å²) >= 11 is 6.42. The van der Waals surface area contributed by atoms with E-state index >= 15 is 0 Å². The molecule has 4 heterocycles. The van der Waals surface area contributed by atoms with Crippen molar-refractivity contribution in [2.75, 3.05) is 34.8 Å². The van der Waals surface area contributed by atoms with Crippen molar-refractivity contribution < 1.29 is 18.7 Å². The molecule has 0 radical (unpaired) electrons. The van der Waals surface area contributed by atoms with Crippen LogP contribution in [-0.4, -0.2) is 46.4 Å². The van der Waals surface area contributed by atoms with Crippen LogP contribution in [0.1, 0.15) is 34.8 Å². The minimum atomic E-state index is -0.468. The fraction of sp³-hybridized carbons (Fsp3) is 0.259. The van der Waals surface area contributed by atoms with Gasteiger partial charge < -0.3 is 20.2 Å². The SMILES string of the molecule is O=C(Nc1ccc(N2CC(O)C2)c(Cl)c1)c1cnn2ccc(N3CCCC3c3cc(F)ccc3F)cc12. The van der Waals surface area contributed by atoms with Gasteiger partial charge in [-0.25, -0.2) is 13.3 Å². The molecule has 2 aliphatic rings. The first-order chi connectivity index (χ1) is 17.9. The Labute approximate surface area is 216 Å². The first-order valence-corrected chi connectivity index (χ1v) is 12.5. The number of aliphatic hydroxyl groups excluding tert-OH is 1. The first kappa shape index (κ1) is 23.7. The second kappa shape index (κ2) is 9.32. The van der Waals surface area contributed by atoms with Crippen molar-refractivity contribution in [3.05, 3.63) is 88.7 Å². The van der Waals surface area contributed by atoms with Crippen LogP contribution in [0.3, 0.4) is 0 Å². The summed E-state index contributed by atoms with van der Waals surface area (Å²) in [7, 11) is 0. The van der Waals surface area contributed by atoms with Gasteiger partial charge >= 0.3 is 0 Å². The van der Waals surface area contributed by atoms with Crippen molar-refractivity contribution in [3.8, 4) is 0 Å². The number of β-amino-alcohol motifs (C(OH)–C–C–N with tert-alkyl or cyclic N) is 1. The number of carbonyl (C=O) groups is 1. The minimum absolute atomic E-state index is 0.300. The van der Waals surface area contributed by atoms with Gasteiger partial charge in [0, 0.05) is 42.8 Å². The molecule has 1 amide bonds. The zero-order valence-electron chi connectivity index (χ0n) is 19.7. The molecule has 2 aromatic carbocycles.